The van der Waals surface area contributed by atoms with E-state index < -0.39 is 11.7 Å². The third kappa shape index (κ3) is 3.35. The lowest BCUT2D eigenvalue weighted by atomic mass is 10.1. The molecule has 0 radical (unpaired) electrons. The summed E-state index contributed by atoms with van der Waals surface area (Å²) in [6, 6.07) is 16.8. The van der Waals surface area contributed by atoms with Crippen molar-refractivity contribution in [3.8, 4) is 17.2 Å². The van der Waals surface area contributed by atoms with Crippen molar-refractivity contribution in [3.05, 3.63) is 72.0 Å². The van der Waals surface area contributed by atoms with Gasteiger partial charge in [-0.05, 0) is 41.1 Å². The number of aromatic nitrogens is 2. The number of rotatable bonds is 4. The molecule has 0 saturated heterocycles. The van der Waals surface area contributed by atoms with Gasteiger partial charge in [-0.2, -0.15) is 0 Å². The smallest absolute Gasteiger partial charge is 0.322 e. The molecule has 1 amide bonds. The van der Waals surface area contributed by atoms with Crippen molar-refractivity contribution in [2.75, 3.05) is 12.4 Å². The molecule has 0 aliphatic rings. The number of nitrogens with one attached hydrogen (secondary N) is 1. The maximum absolute atomic E-state index is 13.3. The highest BCUT2D eigenvalue weighted by Gasteiger charge is 2.17. The van der Waals surface area contributed by atoms with Gasteiger partial charge in [0.05, 0.1) is 12.7 Å². The zero-order chi connectivity index (χ0) is 18.8. The van der Waals surface area contributed by atoms with Crippen molar-refractivity contribution in [2.24, 2.45) is 0 Å². The summed E-state index contributed by atoms with van der Waals surface area (Å²) in [7, 11) is 1.50. The fourth-order valence-corrected chi connectivity index (χ4v) is 2.74. The standard InChI is InChI=1S/C20H14FN3O3/c1-26-17-11-13-6-3-2-5-12(13)10-16(17)18(25)22-20-24-23-19(27-20)14-7-4-8-15(21)9-14/h2-11H,1H3,(H,22,24,25). The molecule has 1 heterocycles. The third-order valence-corrected chi connectivity index (χ3v) is 4.03. The van der Waals surface area contributed by atoms with Gasteiger partial charge in [0.2, 0.25) is 5.89 Å². The molecule has 0 spiro atoms. The van der Waals surface area contributed by atoms with E-state index in [9.17, 15) is 9.18 Å². The quantitative estimate of drug-likeness (QED) is 0.585. The molecule has 1 N–H and O–H groups in total. The maximum atomic E-state index is 13.3. The van der Waals surface area contributed by atoms with Gasteiger partial charge in [-0.15, -0.1) is 5.10 Å². The molecule has 134 valence electrons. The third-order valence-electron chi connectivity index (χ3n) is 4.03. The van der Waals surface area contributed by atoms with E-state index in [2.05, 4.69) is 15.5 Å². The summed E-state index contributed by atoms with van der Waals surface area (Å²) in [4.78, 5) is 12.7. The number of carbonyl (C=O) groups excluding carboxylic acids is 1. The Labute approximate surface area is 153 Å². The molecule has 0 aliphatic carbocycles. The van der Waals surface area contributed by atoms with Gasteiger partial charge < -0.3 is 9.15 Å². The van der Waals surface area contributed by atoms with Crippen molar-refractivity contribution >= 4 is 22.7 Å². The fourth-order valence-electron chi connectivity index (χ4n) is 2.74. The molecule has 27 heavy (non-hydrogen) atoms. The van der Waals surface area contributed by atoms with Gasteiger partial charge in [0.25, 0.3) is 5.91 Å². The molecule has 0 bridgehead atoms. The van der Waals surface area contributed by atoms with Crippen molar-refractivity contribution in [2.45, 2.75) is 0 Å². The number of anilines is 1. The van der Waals surface area contributed by atoms with Crippen molar-refractivity contribution < 1.29 is 18.3 Å². The maximum Gasteiger partial charge on any atom is 0.322 e. The first-order chi connectivity index (χ1) is 13.1. The van der Waals surface area contributed by atoms with Crippen molar-refractivity contribution in [3.63, 3.8) is 0 Å². The van der Waals surface area contributed by atoms with E-state index in [1.165, 1.54) is 25.3 Å². The van der Waals surface area contributed by atoms with Crippen LogP contribution in [0.15, 0.2) is 65.1 Å². The highest BCUT2D eigenvalue weighted by atomic mass is 19.1. The molecule has 0 saturated carbocycles. The Morgan fingerprint density at radius 2 is 1.81 bits per heavy atom. The Bertz CT molecular complexity index is 1140. The Morgan fingerprint density at radius 3 is 2.56 bits per heavy atom. The average molecular weight is 363 g/mol. The predicted octanol–water partition coefficient (Wildman–Crippen LogP) is 4.29. The number of hydrogen-bond acceptors (Lipinski definition) is 5. The second-order valence-corrected chi connectivity index (χ2v) is 5.78. The minimum Gasteiger partial charge on any atom is -0.496 e. The average Bonchev–Trinajstić information content (AvgIpc) is 3.15. The number of methoxy groups -OCH3 is 1. The predicted molar refractivity (Wildman–Crippen MR) is 98.1 cm³/mol. The zero-order valence-corrected chi connectivity index (χ0v) is 14.3. The van der Waals surface area contributed by atoms with Crippen LogP contribution in [0, 0.1) is 5.82 Å². The SMILES string of the molecule is COc1cc2ccccc2cc1C(=O)Nc1nnc(-c2cccc(F)c2)o1. The van der Waals surface area contributed by atoms with E-state index >= 15 is 0 Å². The van der Waals surface area contributed by atoms with Crippen molar-refractivity contribution in [1.82, 2.24) is 10.2 Å². The number of halogens is 1. The van der Waals surface area contributed by atoms with E-state index in [4.69, 9.17) is 9.15 Å². The van der Waals surface area contributed by atoms with E-state index in [0.717, 1.165) is 10.8 Å². The molecule has 3 aromatic carbocycles. The van der Waals surface area contributed by atoms with Crippen LogP contribution < -0.4 is 10.1 Å². The lowest BCUT2D eigenvalue weighted by Gasteiger charge is -2.09. The van der Waals surface area contributed by atoms with Crippen LogP contribution in [0.5, 0.6) is 5.75 Å². The molecular formula is C20H14FN3O3. The van der Waals surface area contributed by atoms with Gasteiger partial charge in [0, 0.05) is 5.56 Å². The minimum absolute atomic E-state index is 0.0885. The normalized spacial score (nSPS) is 10.7. The molecule has 0 unspecified atom stereocenters. The topological polar surface area (TPSA) is 77.2 Å². The van der Waals surface area contributed by atoms with Gasteiger partial charge in [0.1, 0.15) is 11.6 Å². The minimum atomic E-state index is -0.452. The highest BCUT2D eigenvalue weighted by Crippen LogP contribution is 2.27. The zero-order valence-electron chi connectivity index (χ0n) is 14.3. The van der Waals surface area contributed by atoms with Crippen LogP contribution in [0.1, 0.15) is 10.4 Å². The van der Waals surface area contributed by atoms with Crippen LogP contribution in [-0.4, -0.2) is 23.2 Å². The monoisotopic (exact) mass is 363 g/mol. The molecule has 4 rings (SSSR count). The summed E-state index contributed by atoms with van der Waals surface area (Å²) in [5.41, 5.74) is 0.757. The summed E-state index contributed by atoms with van der Waals surface area (Å²) in [5, 5.41) is 12.0. The summed E-state index contributed by atoms with van der Waals surface area (Å²) in [6.45, 7) is 0. The van der Waals surface area contributed by atoms with Crippen LogP contribution in [0.2, 0.25) is 0 Å². The summed E-state index contributed by atoms with van der Waals surface area (Å²) >= 11 is 0. The van der Waals surface area contributed by atoms with Gasteiger partial charge >= 0.3 is 6.01 Å². The Morgan fingerprint density at radius 1 is 1.04 bits per heavy atom. The van der Waals surface area contributed by atoms with Gasteiger partial charge in [0.15, 0.2) is 0 Å². The summed E-state index contributed by atoms with van der Waals surface area (Å²) < 4.78 is 24.1. The van der Waals surface area contributed by atoms with Crippen LogP contribution in [0.4, 0.5) is 10.4 Å². The van der Waals surface area contributed by atoms with Crippen molar-refractivity contribution in [1.29, 1.82) is 0 Å². The van der Waals surface area contributed by atoms with Crippen LogP contribution in [0.3, 0.4) is 0 Å². The van der Waals surface area contributed by atoms with E-state index in [1.807, 2.05) is 24.3 Å². The number of carbonyl (C=O) groups is 1. The number of amides is 1. The van der Waals surface area contributed by atoms with E-state index in [0.29, 0.717) is 16.9 Å². The first-order valence-corrected chi connectivity index (χ1v) is 8.11. The van der Waals surface area contributed by atoms with Gasteiger partial charge in [-0.3, -0.25) is 10.1 Å². The number of benzene rings is 3. The number of nitrogens with zero attached hydrogens (tertiary/aromatic N) is 2. The molecule has 7 heteroatoms. The Kier molecular flexibility index (Phi) is 4.25. The fraction of sp³-hybridized carbons (Fsp3) is 0.0500. The Hall–Kier alpha value is -3.74. The summed E-state index contributed by atoms with van der Waals surface area (Å²) in [6.07, 6.45) is 0. The molecule has 0 aliphatic heterocycles. The molecular weight excluding hydrogens is 349 g/mol. The van der Waals surface area contributed by atoms with E-state index in [-0.39, 0.29) is 11.9 Å². The van der Waals surface area contributed by atoms with Crippen LogP contribution >= 0.6 is 0 Å². The second kappa shape index (κ2) is 6.87. The van der Waals surface area contributed by atoms with E-state index in [1.54, 1.807) is 18.2 Å². The Balaban J connectivity index is 1.62. The molecule has 6 nitrogen and oxygen atoms in total. The molecule has 1 aromatic heterocycles. The molecule has 0 atom stereocenters. The molecule has 0 fully saturated rings. The van der Waals surface area contributed by atoms with Gasteiger partial charge in [-0.25, -0.2) is 4.39 Å². The number of fused-ring (bicyclic) bond motifs is 1. The van der Waals surface area contributed by atoms with Gasteiger partial charge in [-0.1, -0.05) is 35.4 Å². The highest BCUT2D eigenvalue weighted by molar-refractivity contribution is 6.07. The number of hydrogen-bond donors (Lipinski definition) is 1. The second-order valence-electron chi connectivity index (χ2n) is 5.78. The first kappa shape index (κ1) is 16.7. The largest absolute Gasteiger partial charge is 0.496 e. The lowest BCUT2D eigenvalue weighted by Crippen LogP contribution is -2.13. The summed E-state index contributed by atoms with van der Waals surface area (Å²) in [5.74, 6) is -0.337. The van der Waals surface area contributed by atoms with Crippen LogP contribution in [-0.2, 0) is 0 Å². The first-order valence-electron chi connectivity index (χ1n) is 8.11. The number of ether oxygens (including phenoxy) is 1. The lowest BCUT2D eigenvalue weighted by molar-refractivity contribution is 0.102. The molecule has 4 aromatic rings. The van der Waals surface area contributed by atoms with Crippen LogP contribution in [0.25, 0.3) is 22.2 Å².